The van der Waals surface area contributed by atoms with Crippen LogP contribution in [0.3, 0.4) is 0 Å². The Morgan fingerprint density at radius 3 is 2.89 bits per heavy atom. The van der Waals surface area contributed by atoms with E-state index in [-0.39, 0.29) is 36.5 Å². The number of rotatable bonds is 5. The number of nitrogens with one attached hydrogen (secondary N) is 1. The smallest absolute Gasteiger partial charge is 0.265 e. The molecule has 3 N–H and O–H groups in total. The molecule has 148 valence electrons. The number of nitrogens with two attached hydrogens (primary N) is 1. The highest BCUT2D eigenvalue weighted by atomic mass is 127. The summed E-state index contributed by atoms with van der Waals surface area (Å²) in [5, 5.41) is 3.16. The molecule has 28 heavy (non-hydrogen) atoms. The molecule has 0 radical (unpaired) electrons. The second-order valence-corrected chi connectivity index (χ2v) is 6.88. The number of para-hydroxylation sites is 2. The van der Waals surface area contributed by atoms with Crippen LogP contribution >= 0.6 is 24.0 Å². The van der Waals surface area contributed by atoms with Crippen molar-refractivity contribution >= 4 is 47.2 Å². The van der Waals surface area contributed by atoms with Crippen LogP contribution in [0.25, 0.3) is 0 Å². The highest BCUT2D eigenvalue weighted by Gasteiger charge is 2.24. The Bertz CT molecular complexity index is 884. The van der Waals surface area contributed by atoms with Gasteiger partial charge in [0.05, 0.1) is 5.69 Å². The molecule has 1 aliphatic heterocycles. The molecule has 0 spiro atoms. The van der Waals surface area contributed by atoms with E-state index in [0.717, 1.165) is 30.0 Å². The molecule has 0 fully saturated rings. The molecule has 1 aliphatic carbocycles. The molecule has 1 heterocycles. The summed E-state index contributed by atoms with van der Waals surface area (Å²) in [5.74, 6) is 1.13. The van der Waals surface area contributed by atoms with E-state index in [2.05, 4.69) is 28.5 Å². The molecule has 6 nitrogen and oxygen atoms in total. The largest absolute Gasteiger partial charge is 0.482 e. The number of aliphatic imine (C=N–C) groups is 1. The van der Waals surface area contributed by atoms with Crippen LogP contribution in [0.15, 0.2) is 47.5 Å². The van der Waals surface area contributed by atoms with Gasteiger partial charge in [-0.2, -0.15) is 0 Å². The molecule has 2 aromatic rings. The van der Waals surface area contributed by atoms with Gasteiger partial charge in [-0.3, -0.25) is 9.79 Å². The lowest BCUT2D eigenvalue weighted by atomic mass is 10.1. The number of carbonyl (C=O) groups excluding carboxylic acids is 1. The van der Waals surface area contributed by atoms with E-state index in [0.29, 0.717) is 19.0 Å². The summed E-state index contributed by atoms with van der Waals surface area (Å²) in [7, 11) is 0. The summed E-state index contributed by atoms with van der Waals surface area (Å²) in [6.45, 7) is 1.23. The number of carbonyl (C=O) groups is 1. The third kappa shape index (κ3) is 4.57. The second kappa shape index (κ2) is 9.27. The maximum absolute atomic E-state index is 12.1. The lowest BCUT2D eigenvalue weighted by Gasteiger charge is -2.29. The summed E-state index contributed by atoms with van der Waals surface area (Å²) in [6.07, 6.45) is 4.26. The summed E-state index contributed by atoms with van der Waals surface area (Å²) < 4.78 is 5.46. The van der Waals surface area contributed by atoms with E-state index < -0.39 is 0 Å². The van der Waals surface area contributed by atoms with Crippen LogP contribution < -0.4 is 20.7 Å². The fourth-order valence-corrected chi connectivity index (χ4v) is 3.66. The molecule has 7 heteroatoms. The molecule has 0 atom stereocenters. The first-order valence-corrected chi connectivity index (χ1v) is 9.41. The van der Waals surface area contributed by atoms with Crippen molar-refractivity contribution in [3.8, 4) is 5.75 Å². The van der Waals surface area contributed by atoms with Gasteiger partial charge >= 0.3 is 0 Å². The molecule has 4 rings (SSSR count). The Kier molecular flexibility index (Phi) is 6.77. The highest BCUT2D eigenvalue weighted by molar-refractivity contribution is 14.0. The van der Waals surface area contributed by atoms with Crippen molar-refractivity contribution in [2.75, 3.05) is 29.9 Å². The summed E-state index contributed by atoms with van der Waals surface area (Å²) >= 11 is 0. The molecule has 2 aromatic carbocycles. The second-order valence-electron chi connectivity index (χ2n) is 6.88. The number of aryl methyl sites for hydroxylation is 2. The number of ether oxygens (including phenoxy) is 1. The summed E-state index contributed by atoms with van der Waals surface area (Å²) in [6, 6.07) is 14.0. The van der Waals surface area contributed by atoms with Crippen molar-refractivity contribution in [3.05, 3.63) is 53.6 Å². The summed E-state index contributed by atoms with van der Waals surface area (Å²) in [4.78, 5) is 18.3. The number of hydrogen-bond donors (Lipinski definition) is 2. The molecular weight excluding hydrogens is 467 g/mol. The van der Waals surface area contributed by atoms with Crippen LogP contribution in [0.4, 0.5) is 11.4 Å². The van der Waals surface area contributed by atoms with Crippen LogP contribution in [0, 0.1) is 0 Å². The third-order valence-electron chi connectivity index (χ3n) is 5.00. The zero-order valence-electron chi connectivity index (χ0n) is 15.7. The number of nitrogens with zero attached hydrogens (tertiary/aromatic N) is 2. The van der Waals surface area contributed by atoms with E-state index in [4.69, 9.17) is 10.5 Å². The maximum atomic E-state index is 12.1. The van der Waals surface area contributed by atoms with Gasteiger partial charge in [0, 0.05) is 18.8 Å². The topological polar surface area (TPSA) is 80.0 Å². The van der Waals surface area contributed by atoms with Crippen LogP contribution in [-0.4, -0.2) is 31.6 Å². The molecule has 1 amide bonds. The number of halogens is 1. The van der Waals surface area contributed by atoms with E-state index in [1.165, 1.54) is 24.0 Å². The molecule has 0 saturated carbocycles. The van der Waals surface area contributed by atoms with E-state index in [1.807, 2.05) is 24.3 Å². The molecular formula is C21H25IN4O2. The minimum atomic E-state index is -0.0260. The maximum Gasteiger partial charge on any atom is 0.265 e. The van der Waals surface area contributed by atoms with Gasteiger partial charge in [0.25, 0.3) is 5.91 Å². The van der Waals surface area contributed by atoms with E-state index in [9.17, 15) is 4.79 Å². The van der Waals surface area contributed by atoms with Crippen LogP contribution in [0.5, 0.6) is 5.75 Å². The van der Waals surface area contributed by atoms with Crippen molar-refractivity contribution in [2.24, 2.45) is 10.7 Å². The molecule has 0 saturated heterocycles. The van der Waals surface area contributed by atoms with Crippen molar-refractivity contribution in [1.29, 1.82) is 0 Å². The van der Waals surface area contributed by atoms with Gasteiger partial charge < -0.3 is 20.7 Å². The molecule has 0 aromatic heterocycles. The lowest BCUT2D eigenvalue weighted by molar-refractivity contribution is -0.121. The third-order valence-corrected chi connectivity index (χ3v) is 5.00. The van der Waals surface area contributed by atoms with Crippen molar-refractivity contribution in [2.45, 2.75) is 25.7 Å². The zero-order valence-corrected chi connectivity index (χ0v) is 18.0. The average Bonchev–Trinajstić information content (AvgIpc) is 3.14. The Hall–Kier alpha value is -2.29. The Balaban J connectivity index is 0.00000225. The average molecular weight is 492 g/mol. The van der Waals surface area contributed by atoms with Crippen LogP contribution in [0.1, 0.15) is 24.0 Å². The van der Waals surface area contributed by atoms with Gasteiger partial charge in [-0.15, -0.1) is 24.0 Å². The first-order chi connectivity index (χ1) is 13.2. The number of amides is 1. The normalized spacial score (nSPS) is 15.4. The van der Waals surface area contributed by atoms with Gasteiger partial charge in [0.2, 0.25) is 0 Å². The minimum absolute atomic E-state index is 0. The number of fused-ring (bicyclic) bond motifs is 2. The highest BCUT2D eigenvalue weighted by Crippen LogP contribution is 2.31. The molecule has 2 aliphatic rings. The Morgan fingerprint density at radius 1 is 1.18 bits per heavy atom. The predicted octanol–water partition coefficient (Wildman–Crippen LogP) is 3.34. The number of benzene rings is 2. The first-order valence-electron chi connectivity index (χ1n) is 9.41. The van der Waals surface area contributed by atoms with Gasteiger partial charge in [-0.05, 0) is 61.1 Å². The van der Waals surface area contributed by atoms with Crippen molar-refractivity contribution in [3.63, 3.8) is 0 Å². The Morgan fingerprint density at radius 2 is 2.00 bits per heavy atom. The van der Waals surface area contributed by atoms with E-state index >= 15 is 0 Å². The van der Waals surface area contributed by atoms with Crippen molar-refractivity contribution < 1.29 is 9.53 Å². The van der Waals surface area contributed by atoms with Crippen molar-refractivity contribution in [1.82, 2.24) is 0 Å². The minimum Gasteiger partial charge on any atom is -0.482 e. The fourth-order valence-electron chi connectivity index (χ4n) is 3.66. The standard InChI is InChI=1S/C21H24N4O2.HI/c22-21(24-17-10-9-15-5-3-6-16(15)13-17)23-11-4-12-25-18-7-1-2-8-19(18)27-14-20(25)26;/h1-2,7-10,13H,3-6,11-12,14H2,(H3,22,23,24);1H. The summed E-state index contributed by atoms with van der Waals surface area (Å²) in [5.41, 5.74) is 10.7. The van der Waals surface area contributed by atoms with Gasteiger partial charge in [0.15, 0.2) is 12.6 Å². The molecule has 0 bridgehead atoms. The van der Waals surface area contributed by atoms with Gasteiger partial charge in [0.1, 0.15) is 5.75 Å². The number of guanidine groups is 1. The number of hydrogen-bond acceptors (Lipinski definition) is 3. The van der Waals surface area contributed by atoms with Crippen LogP contribution in [0.2, 0.25) is 0 Å². The fraction of sp³-hybridized carbons (Fsp3) is 0.333. The van der Waals surface area contributed by atoms with Gasteiger partial charge in [-0.25, -0.2) is 0 Å². The zero-order chi connectivity index (χ0) is 18.6. The monoisotopic (exact) mass is 492 g/mol. The van der Waals surface area contributed by atoms with E-state index in [1.54, 1.807) is 4.90 Å². The Labute approximate surface area is 182 Å². The lowest BCUT2D eigenvalue weighted by Crippen LogP contribution is -2.39. The predicted molar refractivity (Wildman–Crippen MR) is 123 cm³/mol. The first kappa shape index (κ1) is 20.4. The van der Waals surface area contributed by atoms with Crippen LogP contribution in [-0.2, 0) is 17.6 Å². The number of anilines is 2. The SMILES string of the molecule is I.NC(=NCCCN1C(=O)COc2ccccc21)Nc1ccc2c(c1)CCC2. The quantitative estimate of drug-likeness (QED) is 0.291. The molecule has 0 unspecified atom stereocenters. The van der Waals surface area contributed by atoms with Gasteiger partial charge in [-0.1, -0.05) is 18.2 Å².